The Bertz CT molecular complexity index is 464. The van der Waals surface area contributed by atoms with E-state index in [0.717, 1.165) is 12.0 Å². The summed E-state index contributed by atoms with van der Waals surface area (Å²) in [6, 6.07) is 6.98. The first-order valence-corrected chi connectivity index (χ1v) is 5.78. The number of nitro benzene ring substituents is 1. The highest BCUT2D eigenvalue weighted by atomic mass is 32.1. The third-order valence-electron chi connectivity index (χ3n) is 2.76. The smallest absolute Gasteiger partial charge is 0.269 e. The lowest BCUT2D eigenvalue weighted by atomic mass is 9.98. The van der Waals surface area contributed by atoms with Gasteiger partial charge in [-0.3, -0.25) is 10.1 Å². The van der Waals surface area contributed by atoms with E-state index in [1.54, 1.807) is 12.1 Å². The Hall–Kier alpha value is -1.69. The second kappa shape index (κ2) is 4.67. The lowest BCUT2D eigenvalue weighted by Crippen LogP contribution is -2.49. The van der Waals surface area contributed by atoms with Gasteiger partial charge < -0.3 is 10.6 Å². The van der Waals surface area contributed by atoms with E-state index in [1.165, 1.54) is 6.07 Å². The van der Waals surface area contributed by atoms with Crippen molar-refractivity contribution in [2.75, 3.05) is 0 Å². The average Bonchev–Trinajstić information content (AvgIpc) is 2.28. The van der Waals surface area contributed by atoms with Gasteiger partial charge in [0.05, 0.1) is 11.0 Å². The first-order valence-electron chi connectivity index (χ1n) is 5.37. The summed E-state index contributed by atoms with van der Waals surface area (Å²) in [5.74, 6) is 0. The summed E-state index contributed by atoms with van der Waals surface area (Å²) in [7, 11) is 0. The van der Waals surface area contributed by atoms with Crippen molar-refractivity contribution in [2.24, 2.45) is 0 Å². The zero-order valence-electron chi connectivity index (χ0n) is 9.34. The van der Waals surface area contributed by atoms with Gasteiger partial charge in [-0.05, 0) is 31.1 Å². The fraction of sp³-hybridized carbons (Fsp3) is 0.364. The van der Waals surface area contributed by atoms with Crippen molar-refractivity contribution in [3.05, 3.63) is 39.9 Å². The Balaban J connectivity index is 2.24. The highest BCUT2D eigenvalue weighted by Gasteiger charge is 2.23. The quantitative estimate of drug-likeness (QED) is 0.477. The second-order valence-corrected chi connectivity index (χ2v) is 4.57. The fourth-order valence-electron chi connectivity index (χ4n) is 1.97. The fourth-order valence-corrected chi connectivity index (χ4v) is 2.31. The Morgan fingerprint density at radius 1 is 1.47 bits per heavy atom. The monoisotopic (exact) mass is 251 g/mol. The maximum Gasteiger partial charge on any atom is 0.269 e. The number of nitrogens with zero attached hydrogens (tertiary/aromatic N) is 1. The van der Waals surface area contributed by atoms with Gasteiger partial charge in [0, 0.05) is 18.2 Å². The number of hydrogen-bond donors (Lipinski definition) is 2. The van der Waals surface area contributed by atoms with Gasteiger partial charge in [0.15, 0.2) is 5.11 Å². The van der Waals surface area contributed by atoms with Crippen molar-refractivity contribution >= 4 is 23.0 Å². The highest BCUT2D eigenvalue weighted by molar-refractivity contribution is 7.80. The molecule has 6 heteroatoms. The summed E-state index contributed by atoms with van der Waals surface area (Å²) < 4.78 is 0. The number of non-ortho nitro benzene ring substituents is 1. The summed E-state index contributed by atoms with van der Waals surface area (Å²) in [5, 5.41) is 17.5. The summed E-state index contributed by atoms with van der Waals surface area (Å²) >= 11 is 5.09. The molecule has 0 radical (unpaired) electrons. The van der Waals surface area contributed by atoms with Gasteiger partial charge in [-0.1, -0.05) is 12.1 Å². The van der Waals surface area contributed by atoms with Gasteiger partial charge in [-0.15, -0.1) is 0 Å². The maximum atomic E-state index is 10.7. The van der Waals surface area contributed by atoms with E-state index in [9.17, 15) is 10.1 Å². The number of hydrogen-bond acceptors (Lipinski definition) is 3. The van der Waals surface area contributed by atoms with E-state index < -0.39 is 0 Å². The van der Waals surface area contributed by atoms with E-state index in [0.29, 0.717) is 5.11 Å². The Kier molecular flexibility index (Phi) is 3.23. The Morgan fingerprint density at radius 3 is 2.88 bits per heavy atom. The molecule has 2 N–H and O–H groups in total. The van der Waals surface area contributed by atoms with Crippen LogP contribution in [0.1, 0.15) is 24.9 Å². The summed E-state index contributed by atoms with van der Waals surface area (Å²) in [4.78, 5) is 10.3. The van der Waals surface area contributed by atoms with Crippen LogP contribution in [-0.4, -0.2) is 16.1 Å². The molecule has 1 aliphatic heterocycles. The SMILES string of the molecule is CC1CC(c2cccc([N+](=O)[O-])c2)NC(=S)N1. The van der Waals surface area contributed by atoms with E-state index in [1.807, 2.05) is 13.0 Å². The zero-order chi connectivity index (χ0) is 12.4. The van der Waals surface area contributed by atoms with Gasteiger partial charge in [-0.2, -0.15) is 0 Å². The van der Waals surface area contributed by atoms with Crippen LogP contribution in [0, 0.1) is 10.1 Å². The highest BCUT2D eigenvalue weighted by Crippen LogP contribution is 2.24. The van der Waals surface area contributed by atoms with Crippen molar-refractivity contribution in [2.45, 2.75) is 25.4 Å². The molecule has 2 rings (SSSR count). The molecule has 0 aliphatic carbocycles. The third kappa shape index (κ3) is 2.71. The second-order valence-electron chi connectivity index (χ2n) is 4.16. The van der Waals surface area contributed by atoms with Crippen LogP contribution in [0.3, 0.4) is 0 Å². The number of nitrogens with one attached hydrogen (secondary N) is 2. The number of benzene rings is 1. The lowest BCUT2D eigenvalue weighted by Gasteiger charge is -2.31. The molecule has 1 fully saturated rings. The number of rotatable bonds is 2. The molecule has 0 aromatic heterocycles. The molecule has 2 unspecified atom stereocenters. The van der Waals surface area contributed by atoms with Crippen LogP contribution >= 0.6 is 12.2 Å². The lowest BCUT2D eigenvalue weighted by molar-refractivity contribution is -0.384. The topological polar surface area (TPSA) is 67.2 Å². The molecule has 1 aliphatic rings. The first kappa shape index (κ1) is 11.8. The van der Waals surface area contributed by atoms with Crippen LogP contribution in [0.25, 0.3) is 0 Å². The molecule has 1 heterocycles. The molecular weight excluding hydrogens is 238 g/mol. The number of nitro groups is 1. The predicted molar refractivity (Wildman–Crippen MR) is 68.8 cm³/mol. The molecule has 90 valence electrons. The van der Waals surface area contributed by atoms with Crippen LogP contribution in [0.4, 0.5) is 5.69 Å². The molecule has 0 saturated carbocycles. The maximum absolute atomic E-state index is 10.7. The van der Waals surface area contributed by atoms with Gasteiger partial charge in [0.1, 0.15) is 0 Å². The molecule has 2 atom stereocenters. The molecule has 0 spiro atoms. The number of thiocarbonyl (C=S) groups is 1. The zero-order valence-corrected chi connectivity index (χ0v) is 10.2. The predicted octanol–water partition coefficient (Wildman–Crippen LogP) is 1.89. The Labute approximate surface area is 104 Å². The van der Waals surface area contributed by atoms with Gasteiger partial charge in [0.2, 0.25) is 0 Å². The van der Waals surface area contributed by atoms with Crippen LogP contribution in [-0.2, 0) is 0 Å². The molecule has 17 heavy (non-hydrogen) atoms. The normalized spacial score (nSPS) is 23.7. The first-order chi connectivity index (χ1) is 8.06. The van der Waals surface area contributed by atoms with Crippen LogP contribution < -0.4 is 10.6 Å². The largest absolute Gasteiger partial charge is 0.360 e. The summed E-state index contributed by atoms with van der Waals surface area (Å²) in [6.45, 7) is 2.04. The van der Waals surface area contributed by atoms with Crippen LogP contribution in [0.5, 0.6) is 0 Å². The van der Waals surface area contributed by atoms with Crippen molar-refractivity contribution < 1.29 is 4.92 Å². The van der Waals surface area contributed by atoms with Crippen molar-refractivity contribution in [1.82, 2.24) is 10.6 Å². The van der Waals surface area contributed by atoms with E-state index in [2.05, 4.69) is 10.6 Å². The molecule has 5 nitrogen and oxygen atoms in total. The van der Waals surface area contributed by atoms with Crippen LogP contribution in [0.15, 0.2) is 24.3 Å². The minimum atomic E-state index is -0.383. The van der Waals surface area contributed by atoms with E-state index >= 15 is 0 Å². The van der Waals surface area contributed by atoms with Crippen molar-refractivity contribution in [3.63, 3.8) is 0 Å². The minimum absolute atomic E-state index is 0.0404. The minimum Gasteiger partial charge on any atom is -0.360 e. The van der Waals surface area contributed by atoms with E-state index in [4.69, 9.17) is 12.2 Å². The molecule has 0 bridgehead atoms. The summed E-state index contributed by atoms with van der Waals surface area (Å²) in [6.07, 6.45) is 0.849. The third-order valence-corrected chi connectivity index (χ3v) is 2.99. The van der Waals surface area contributed by atoms with Gasteiger partial charge in [0.25, 0.3) is 5.69 Å². The average molecular weight is 251 g/mol. The summed E-state index contributed by atoms with van der Waals surface area (Å²) in [5.41, 5.74) is 1.01. The molecular formula is C11H13N3O2S. The van der Waals surface area contributed by atoms with Crippen molar-refractivity contribution in [3.8, 4) is 0 Å². The van der Waals surface area contributed by atoms with Crippen LogP contribution in [0.2, 0.25) is 0 Å². The molecule has 1 aromatic rings. The Morgan fingerprint density at radius 2 is 2.24 bits per heavy atom. The van der Waals surface area contributed by atoms with Gasteiger partial charge in [-0.25, -0.2) is 0 Å². The van der Waals surface area contributed by atoms with Gasteiger partial charge >= 0.3 is 0 Å². The van der Waals surface area contributed by atoms with Crippen molar-refractivity contribution in [1.29, 1.82) is 0 Å². The molecule has 0 amide bonds. The molecule has 1 saturated heterocycles. The standard InChI is InChI=1S/C11H13N3O2S/c1-7-5-10(13-11(17)12-7)8-3-2-4-9(6-8)14(15)16/h2-4,6-7,10H,5H2,1H3,(H2,12,13,17). The molecule has 1 aromatic carbocycles. The van der Waals surface area contributed by atoms with E-state index in [-0.39, 0.29) is 22.7 Å².